The van der Waals surface area contributed by atoms with Crippen molar-refractivity contribution in [3.8, 4) is 5.75 Å². The molecule has 11 heteroatoms. The van der Waals surface area contributed by atoms with Gasteiger partial charge in [0.2, 0.25) is 11.8 Å². The third kappa shape index (κ3) is 7.02. The number of benzene rings is 2. The van der Waals surface area contributed by atoms with E-state index < -0.39 is 29.1 Å². The summed E-state index contributed by atoms with van der Waals surface area (Å²) >= 11 is 0. The number of azide groups is 1. The SMILES string of the molecule is CC(C)(C)OC(=O)CC[C@@]1(C(N)=O)N=C(c2ccc(OCCCO)cc2)O[C@@H]1c1ccccc1CN=[N+]=[N-]. The molecular weight excluding hydrogens is 490 g/mol. The van der Waals surface area contributed by atoms with Gasteiger partial charge in [0, 0.05) is 29.9 Å². The molecule has 1 amide bonds. The fourth-order valence-corrected chi connectivity index (χ4v) is 4.10. The van der Waals surface area contributed by atoms with Crippen LogP contribution in [0.1, 0.15) is 62.8 Å². The second-order valence-electron chi connectivity index (χ2n) is 9.83. The molecule has 2 aromatic carbocycles. The van der Waals surface area contributed by atoms with Crippen LogP contribution in [0.2, 0.25) is 0 Å². The zero-order valence-corrected chi connectivity index (χ0v) is 21.8. The standard InChI is InChI=1S/C27H33N5O6/c1-26(2,3)38-22(34)13-14-27(25(28)35)23(21-8-5-4-7-19(21)17-30-32-29)37-24(31-27)18-9-11-20(12-10-18)36-16-6-15-33/h4-5,7-12,23,33H,6,13-17H2,1-3H3,(H2,28,35)/t23-,27-/m1/s1. The number of nitrogens with two attached hydrogens (primary N) is 1. The number of esters is 1. The summed E-state index contributed by atoms with van der Waals surface area (Å²) < 4.78 is 17.3. The van der Waals surface area contributed by atoms with E-state index in [9.17, 15) is 9.59 Å². The van der Waals surface area contributed by atoms with E-state index in [1.54, 1.807) is 69.3 Å². The summed E-state index contributed by atoms with van der Waals surface area (Å²) in [6, 6.07) is 14.0. The first kappa shape index (κ1) is 28.5. The summed E-state index contributed by atoms with van der Waals surface area (Å²) in [5, 5.41) is 12.6. The van der Waals surface area contributed by atoms with Crippen molar-refractivity contribution in [1.82, 2.24) is 0 Å². The first-order valence-electron chi connectivity index (χ1n) is 12.3. The Balaban J connectivity index is 2.01. The van der Waals surface area contributed by atoms with Crippen molar-refractivity contribution in [2.45, 2.75) is 63.8 Å². The molecule has 2 atom stereocenters. The predicted octanol–water partition coefficient (Wildman–Crippen LogP) is 4.12. The molecule has 0 aliphatic carbocycles. The van der Waals surface area contributed by atoms with Crippen molar-refractivity contribution in [2.75, 3.05) is 13.2 Å². The van der Waals surface area contributed by atoms with Gasteiger partial charge in [-0.25, -0.2) is 4.99 Å². The Morgan fingerprint density at radius 1 is 1.21 bits per heavy atom. The summed E-state index contributed by atoms with van der Waals surface area (Å²) in [6.07, 6.45) is -0.632. The summed E-state index contributed by atoms with van der Waals surface area (Å²) in [7, 11) is 0. The van der Waals surface area contributed by atoms with E-state index in [1.165, 1.54) is 0 Å². The van der Waals surface area contributed by atoms with Crippen molar-refractivity contribution in [3.63, 3.8) is 0 Å². The lowest BCUT2D eigenvalue weighted by molar-refractivity contribution is -0.155. The highest BCUT2D eigenvalue weighted by Gasteiger charge is 2.52. The summed E-state index contributed by atoms with van der Waals surface area (Å²) in [6.45, 7) is 5.71. The minimum Gasteiger partial charge on any atom is -0.494 e. The van der Waals surface area contributed by atoms with Gasteiger partial charge >= 0.3 is 5.97 Å². The van der Waals surface area contributed by atoms with E-state index in [0.717, 1.165) is 0 Å². The Kier molecular flexibility index (Phi) is 9.33. The van der Waals surface area contributed by atoms with Gasteiger partial charge in [0.05, 0.1) is 13.2 Å². The van der Waals surface area contributed by atoms with Gasteiger partial charge in [0.25, 0.3) is 0 Å². The van der Waals surface area contributed by atoms with Crippen LogP contribution in [0.25, 0.3) is 10.4 Å². The molecule has 3 N–H and O–H groups in total. The van der Waals surface area contributed by atoms with Crippen molar-refractivity contribution in [2.24, 2.45) is 15.8 Å². The Morgan fingerprint density at radius 3 is 2.55 bits per heavy atom. The molecule has 2 aromatic rings. The second kappa shape index (κ2) is 12.4. The molecule has 0 bridgehead atoms. The zero-order chi connectivity index (χ0) is 27.8. The van der Waals surface area contributed by atoms with E-state index in [4.69, 9.17) is 30.6 Å². The van der Waals surface area contributed by atoms with Crippen molar-refractivity contribution >= 4 is 17.8 Å². The fourth-order valence-electron chi connectivity index (χ4n) is 4.10. The third-order valence-electron chi connectivity index (χ3n) is 5.84. The Labute approximate surface area is 221 Å². The molecule has 0 saturated heterocycles. The van der Waals surface area contributed by atoms with Gasteiger partial charge < -0.3 is 25.1 Å². The molecule has 0 radical (unpaired) electrons. The van der Waals surface area contributed by atoms with Crippen LogP contribution in [0, 0.1) is 0 Å². The van der Waals surface area contributed by atoms with Crippen LogP contribution < -0.4 is 10.5 Å². The fraction of sp³-hybridized carbons (Fsp3) is 0.444. The number of hydrogen-bond donors (Lipinski definition) is 2. The first-order chi connectivity index (χ1) is 18.1. The second-order valence-corrected chi connectivity index (χ2v) is 9.83. The van der Waals surface area contributed by atoms with Gasteiger partial charge in [-0.1, -0.05) is 29.4 Å². The largest absolute Gasteiger partial charge is 0.494 e. The Hall–Kier alpha value is -4.08. The number of amides is 1. The van der Waals surface area contributed by atoms with Crippen LogP contribution in [-0.4, -0.2) is 47.2 Å². The predicted molar refractivity (Wildman–Crippen MR) is 140 cm³/mol. The molecule has 0 saturated carbocycles. The molecule has 11 nitrogen and oxygen atoms in total. The molecule has 1 aliphatic heterocycles. The summed E-state index contributed by atoms with van der Waals surface area (Å²) in [5.74, 6) is -0.475. The number of aliphatic hydroxyl groups is 1. The summed E-state index contributed by atoms with van der Waals surface area (Å²) in [4.78, 5) is 33.2. The van der Waals surface area contributed by atoms with Crippen LogP contribution in [0.3, 0.4) is 0 Å². The van der Waals surface area contributed by atoms with Crippen molar-refractivity contribution < 1.29 is 28.9 Å². The van der Waals surface area contributed by atoms with E-state index in [2.05, 4.69) is 15.0 Å². The lowest BCUT2D eigenvalue weighted by Crippen LogP contribution is -2.46. The molecule has 0 fully saturated rings. The first-order valence-corrected chi connectivity index (χ1v) is 12.3. The van der Waals surface area contributed by atoms with Crippen LogP contribution in [0.4, 0.5) is 0 Å². The Morgan fingerprint density at radius 2 is 1.92 bits per heavy atom. The number of ether oxygens (including phenoxy) is 3. The number of carbonyl (C=O) groups excluding carboxylic acids is 2. The Bertz CT molecular complexity index is 1220. The van der Waals surface area contributed by atoms with Crippen LogP contribution in [-0.2, 0) is 25.6 Å². The molecule has 0 spiro atoms. The normalized spacial score (nSPS) is 18.6. The van der Waals surface area contributed by atoms with E-state index >= 15 is 0 Å². The van der Waals surface area contributed by atoms with E-state index in [-0.39, 0.29) is 31.9 Å². The monoisotopic (exact) mass is 523 g/mol. The number of carbonyl (C=O) groups is 2. The topological polar surface area (TPSA) is 169 Å². The molecule has 0 aromatic heterocycles. The lowest BCUT2D eigenvalue weighted by atomic mass is 9.82. The van der Waals surface area contributed by atoms with Crippen LogP contribution >= 0.6 is 0 Å². The number of primary amides is 1. The van der Waals surface area contributed by atoms with Crippen LogP contribution in [0.15, 0.2) is 58.6 Å². The molecule has 1 heterocycles. The lowest BCUT2D eigenvalue weighted by Gasteiger charge is -2.30. The maximum atomic E-state index is 13.1. The maximum Gasteiger partial charge on any atom is 0.306 e. The maximum absolute atomic E-state index is 13.1. The minimum atomic E-state index is -1.62. The van der Waals surface area contributed by atoms with E-state index in [1.807, 2.05) is 0 Å². The molecule has 1 aliphatic rings. The van der Waals surface area contributed by atoms with Crippen LogP contribution in [0.5, 0.6) is 5.75 Å². The molecule has 202 valence electrons. The highest BCUT2D eigenvalue weighted by atomic mass is 16.6. The highest BCUT2D eigenvalue weighted by molar-refractivity contribution is 6.00. The number of hydrogen-bond acceptors (Lipinski definition) is 8. The molecule has 0 unspecified atom stereocenters. The van der Waals surface area contributed by atoms with Gasteiger partial charge in [-0.15, -0.1) is 0 Å². The highest BCUT2D eigenvalue weighted by Crippen LogP contribution is 2.44. The average Bonchev–Trinajstić information content (AvgIpc) is 3.27. The van der Waals surface area contributed by atoms with Gasteiger partial charge in [-0.05, 0) is 68.1 Å². The smallest absolute Gasteiger partial charge is 0.306 e. The van der Waals surface area contributed by atoms with Gasteiger partial charge in [0.15, 0.2) is 11.6 Å². The molecular formula is C27H33N5O6. The van der Waals surface area contributed by atoms with E-state index in [0.29, 0.717) is 35.5 Å². The minimum absolute atomic E-state index is 0.0304. The van der Waals surface area contributed by atoms with Gasteiger partial charge in [-0.3, -0.25) is 9.59 Å². The molecule has 3 rings (SSSR count). The third-order valence-corrected chi connectivity index (χ3v) is 5.84. The van der Waals surface area contributed by atoms with Crippen molar-refractivity contribution in [3.05, 3.63) is 75.7 Å². The number of aliphatic imine (C=N–C) groups is 1. The zero-order valence-electron chi connectivity index (χ0n) is 21.8. The van der Waals surface area contributed by atoms with Crippen molar-refractivity contribution in [1.29, 1.82) is 0 Å². The van der Waals surface area contributed by atoms with Gasteiger partial charge in [0.1, 0.15) is 11.4 Å². The quantitative estimate of drug-likeness (QED) is 0.139. The number of aliphatic hydroxyl groups excluding tert-OH is 1. The van der Waals surface area contributed by atoms with Gasteiger partial charge in [-0.2, -0.15) is 0 Å². The average molecular weight is 524 g/mol. The number of nitrogens with zero attached hydrogens (tertiary/aromatic N) is 4. The molecule has 38 heavy (non-hydrogen) atoms. The number of rotatable bonds is 12. The summed E-state index contributed by atoms with van der Waals surface area (Å²) in [5.41, 5.74) is 14.3.